The van der Waals surface area contributed by atoms with Crippen LogP contribution in [0.5, 0.6) is 0 Å². The zero-order valence-electron chi connectivity index (χ0n) is 9.46. The molecule has 0 saturated carbocycles. The standard InChI is InChI=1S/C11H9BrN2O3S2/c12-9-5-8(19(13,16)17)1-2-10(9)14-11(15)7-3-4-18-6-7/h1-6H,(H,14,15)(H2,13,16,17). The first kappa shape index (κ1) is 14.2. The van der Waals surface area contributed by atoms with Crippen LogP contribution in [0.4, 0.5) is 5.69 Å². The number of benzene rings is 1. The second-order valence-corrected chi connectivity index (χ2v) is 6.85. The van der Waals surface area contributed by atoms with Gasteiger partial charge in [-0.25, -0.2) is 13.6 Å². The molecule has 100 valence electrons. The number of sulfonamides is 1. The number of primary sulfonamides is 1. The number of halogens is 1. The van der Waals surface area contributed by atoms with Crippen LogP contribution in [0, 0.1) is 0 Å². The van der Waals surface area contributed by atoms with Crippen molar-refractivity contribution in [3.8, 4) is 0 Å². The Morgan fingerprint density at radius 2 is 2.05 bits per heavy atom. The van der Waals surface area contributed by atoms with Crippen molar-refractivity contribution in [3.63, 3.8) is 0 Å². The molecule has 8 heteroatoms. The van der Waals surface area contributed by atoms with Crippen LogP contribution in [0.15, 0.2) is 44.4 Å². The molecule has 0 atom stereocenters. The fourth-order valence-corrected chi connectivity index (χ4v) is 3.17. The van der Waals surface area contributed by atoms with Crippen molar-refractivity contribution in [2.75, 3.05) is 5.32 Å². The average molecular weight is 361 g/mol. The molecule has 3 N–H and O–H groups in total. The lowest BCUT2D eigenvalue weighted by Gasteiger charge is -2.07. The van der Waals surface area contributed by atoms with Crippen molar-refractivity contribution >= 4 is 48.9 Å². The van der Waals surface area contributed by atoms with Crippen LogP contribution in [0.25, 0.3) is 0 Å². The molecule has 5 nitrogen and oxygen atoms in total. The van der Waals surface area contributed by atoms with Gasteiger partial charge < -0.3 is 5.32 Å². The summed E-state index contributed by atoms with van der Waals surface area (Å²) in [6.45, 7) is 0. The Morgan fingerprint density at radius 3 is 2.58 bits per heavy atom. The molecule has 0 aliphatic rings. The third-order valence-corrected chi connectivity index (χ3v) is 4.55. The number of hydrogen-bond acceptors (Lipinski definition) is 4. The maximum atomic E-state index is 11.8. The number of anilines is 1. The summed E-state index contributed by atoms with van der Waals surface area (Å²) in [6, 6.07) is 5.86. The van der Waals surface area contributed by atoms with Gasteiger partial charge in [0.1, 0.15) is 0 Å². The van der Waals surface area contributed by atoms with E-state index in [1.54, 1.807) is 16.8 Å². The molecule has 2 aromatic rings. The van der Waals surface area contributed by atoms with Gasteiger partial charge in [0.15, 0.2) is 0 Å². The monoisotopic (exact) mass is 360 g/mol. The van der Waals surface area contributed by atoms with Gasteiger partial charge in [-0.2, -0.15) is 11.3 Å². The molecule has 1 amide bonds. The number of nitrogens with one attached hydrogen (secondary N) is 1. The molecule has 0 aliphatic carbocycles. The zero-order valence-corrected chi connectivity index (χ0v) is 12.7. The summed E-state index contributed by atoms with van der Waals surface area (Å²) in [4.78, 5) is 11.8. The predicted molar refractivity (Wildman–Crippen MR) is 77.8 cm³/mol. The smallest absolute Gasteiger partial charge is 0.256 e. The zero-order chi connectivity index (χ0) is 14.0. The van der Waals surface area contributed by atoms with E-state index in [0.717, 1.165) is 0 Å². The molecule has 0 saturated heterocycles. The van der Waals surface area contributed by atoms with Crippen LogP contribution in [0.2, 0.25) is 0 Å². The summed E-state index contributed by atoms with van der Waals surface area (Å²) in [5.74, 6) is -0.259. The molecule has 19 heavy (non-hydrogen) atoms. The Hall–Kier alpha value is -1.22. The van der Waals surface area contributed by atoms with Crippen LogP contribution in [-0.2, 0) is 10.0 Å². The Labute approximate surface area is 122 Å². The molecule has 1 heterocycles. The number of rotatable bonds is 3. The summed E-state index contributed by atoms with van der Waals surface area (Å²) in [5.41, 5.74) is 1.02. The minimum Gasteiger partial charge on any atom is -0.321 e. The van der Waals surface area contributed by atoms with E-state index in [-0.39, 0.29) is 10.8 Å². The molecule has 1 aromatic carbocycles. The van der Waals surface area contributed by atoms with Crippen LogP contribution in [-0.4, -0.2) is 14.3 Å². The largest absolute Gasteiger partial charge is 0.321 e. The van der Waals surface area contributed by atoms with Gasteiger partial charge in [-0.3, -0.25) is 4.79 Å². The van der Waals surface area contributed by atoms with E-state index in [9.17, 15) is 13.2 Å². The van der Waals surface area contributed by atoms with E-state index < -0.39 is 10.0 Å². The number of thiophene rings is 1. The second kappa shape index (κ2) is 5.41. The fourth-order valence-electron chi connectivity index (χ4n) is 1.36. The van der Waals surface area contributed by atoms with Crippen molar-refractivity contribution in [1.82, 2.24) is 0 Å². The molecule has 0 unspecified atom stereocenters. The maximum absolute atomic E-state index is 11.8. The van der Waals surface area contributed by atoms with Gasteiger partial charge in [0.05, 0.1) is 16.1 Å². The van der Waals surface area contributed by atoms with Crippen molar-refractivity contribution in [2.24, 2.45) is 5.14 Å². The highest BCUT2D eigenvalue weighted by Crippen LogP contribution is 2.26. The van der Waals surface area contributed by atoms with E-state index >= 15 is 0 Å². The van der Waals surface area contributed by atoms with Gasteiger partial charge in [0.2, 0.25) is 10.0 Å². The molecule has 0 radical (unpaired) electrons. The first-order valence-corrected chi connectivity index (χ1v) is 8.32. The van der Waals surface area contributed by atoms with Crippen LogP contribution in [0.3, 0.4) is 0 Å². The van der Waals surface area contributed by atoms with E-state index in [1.165, 1.54) is 29.5 Å². The van der Waals surface area contributed by atoms with Crippen LogP contribution < -0.4 is 10.5 Å². The van der Waals surface area contributed by atoms with Crippen LogP contribution in [0.1, 0.15) is 10.4 Å². The third kappa shape index (κ3) is 3.41. The summed E-state index contributed by atoms with van der Waals surface area (Å²) in [6.07, 6.45) is 0. The summed E-state index contributed by atoms with van der Waals surface area (Å²) in [5, 5.41) is 11.2. The molecule has 1 aromatic heterocycles. The number of carbonyl (C=O) groups is 1. The van der Waals surface area contributed by atoms with Gasteiger partial charge in [0.25, 0.3) is 5.91 Å². The molecule has 0 spiro atoms. The third-order valence-electron chi connectivity index (χ3n) is 2.30. The minimum absolute atomic E-state index is 0.0205. The van der Waals surface area contributed by atoms with E-state index in [0.29, 0.717) is 15.7 Å². The summed E-state index contributed by atoms with van der Waals surface area (Å²) < 4.78 is 22.8. The van der Waals surface area contributed by atoms with Crippen molar-refractivity contribution in [3.05, 3.63) is 45.1 Å². The molecule has 2 rings (SSSR count). The van der Waals surface area contributed by atoms with Crippen molar-refractivity contribution in [2.45, 2.75) is 4.90 Å². The number of hydrogen-bond donors (Lipinski definition) is 2. The SMILES string of the molecule is NS(=O)(=O)c1ccc(NC(=O)c2ccsc2)c(Br)c1. The maximum Gasteiger partial charge on any atom is 0.256 e. The normalized spacial score (nSPS) is 11.3. The van der Waals surface area contributed by atoms with Crippen molar-refractivity contribution in [1.29, 1.82) is 0 Å². The molecule has 0 aliphatic heterocycles. The highest BCUT2D eigenvalue weighted by Gasteiger charge is 2.12. The molecular weight excluding hydrogens is 352 g/mol. The molecule has 0 bridgehead atoms. The Morgan fingerprint density at radius 1 is 1.32 bits per heavy atom. The van der Waals surface area contributed by atoms with Gasteiger partial charge in [-0.1, -0.05) is 0 Å². The van der Waals surface area contributed by atoms with E-state index in [1.807, 2.05) is 0 Å². The first-order chi connectivity index (χ1) is 8.88. The van der Waals surface area contributed by atoms with Gasteiger partial charge in [-0.15, -0.1) is 0 Å². The predicted octanol–water partition coefficient (Wildman–Crippen LogP) is 2.41. The highest BCUT2D eigenvalue weighted by molar-refractivity contribution is 9.10. The number of carbonyl (C=O) groups excluding carboxylic acids is 1. The second-order valence-electron chi connectivity index (χ2n) is 3.65. The molecular formula is C11H9BrN2O3S2. The van der Waals surface area contributed by atoms with Gasteiger partial charge >= 0.3 is 0 Å². The Kier molecular flexibility index (Phi) is 4.04. The van der Waals surface area contributed by atoms with E-state index in [4.69, 9.17) is 5.14 Å². The highest BCUT2D eigenvalue weighted by atomic mass is 79.9. The minimum atomic E-state index is -3.75. The lowest BCUT2D eigenvalue weighted by Crippen LogP contribution is -2.14. The van der Waals surface area contributed by atoms with Gasteiger partial charge in [-0.05, 0) is 45.6 Å². The lowest BCUT2D eigenvalue weighted by molar-refractivity contribution is 0.102. The lowest BCUT2D eigenvalue weighted by atomic mass is 10.3. The summed E-state index contributed by atoms with van der Waals surface area (Å²) in [7, 11) is -3.75. The Bertz CT molecular complexity index is 712. The quantitative estimate of drug-likeness (QED) is 0.880. The topological polar surface area (TPSA) is 89.3 Å². The number of nitrogens with two attached hydrogens (primary N) is 1. The summed E-state index contributed by atoms with van der Waals surface area (Å²) >= 11 is 4.62. The van der Waals surface area contributed by atoms with E-state index in [2.05, 4.69) is 21.2 Å². The Balaban J connectivity index is 2.25. The van der Waals surface area contributed by atoms with Crippen molar-refractivity contribution < 1.29 is 13.2 Å². The van der Waals surface area contributed by atoms with Crippen LogP contribution >= 0.6 is 27.3 Å². The fraction of sp³-hybridized carbons (Fsp3) is 0. The van der Waals surface area contributed by atoms with Gasteiger partial charge in [0, 0.05) is 9.85 Å². The number of amides is 1. The molecule has 0 fully saturated rings. The first-order valence-electron chi connectivity index (χ1n) is 5.04. The average Bonchev–Trinajstić information content (AvgIpc) is 2.84.